The minimum absolute atomic E-state index is 0.00266. The number of nitrogens with zero attached hydrogens (tertiary/aromatic N) is 4. The zero-order valence-corrected chi connectivity index (χ0v) is 23.5. The molecule has 3 heterocycles. The fourth-order valence-electron chi connectivity index (χ4n) is 4.61. The lowest BCUT2D eigenvalue weighted by Gasteiger charge is -2.31. The van der Waals surface area contributed by atoms with Crippen LogP contribution in [0.1, 0.15) is 39.0 Å². The molecule has 0 aromatic carbocycles. The van der Waals surface area contributed by atoms with Crippen LogP contribution in [0, 0.1) is 5.92 Å². The number of esters is 2. The van der Waals surface area contributed by atoms with Crippen LogP contribution >= 0.6 is 11.3 Å². The Morgan fingerprint density at radius 2 is 1.97 bits per heavy atom. The van der Waals surface area contributed by atoms with Gasteiger partial charge < -0.3 is 19.5 Å². The molecule has 4 atom stereocenters. The predicted molar refractivity (Wildman–Crippen MR) is 135 cm³/mol. The molecule has 2 amide bonds. The molecule has 0 aliphatic carbocycles. The second-order valence-electron chi connectivity index (χ2n) is 8.99. The van der Waals surface area contributed by atoms with E-state index in [4.69, 9.17) is 14.2 Å². The van der Waals surface area contributed by atoms with E-state index in [0.717, 1.165) is 4.31 Å². The Morgan fingerprint density at radius 3 is 2.61 bits per heavy atom. The van der Waals surface area contributed by atoms with Gasteiger partial charge in [0.25, 0.3) is 10.2 Å². The van der Waals surface area contributed by atoms with Crippen LogP contribution < -0.4 is 10.2 Å². The Bertz CT molecular complexity index is 1160. The van der Waals surface area contributed by atoms with Gasteiger partial charge in [-0.15, -0.1) is 0 Å². The highest BCUT2D eigenvalue weighted by Crippen LogP contribution is 2.42. The monoisotopic (exact) mass is 575 g/mol. The minimum atomic E-state index is -4.07. The van der Waals surface area contributed by atoms with Crippen LogP contribution in [0.25, 0.3) is 0 Å². The smallest absolute Gasteiger partial charge is 0.407 e. The second kappa shape index (κ2) is 12.4. The summed E-state index contributed by atoms with van der Waals surface area (Å²) in [4.78, 5) is 54.0. The predicted octanol–water partition coefficient (Wildman–Crippen LogP) is 0.486. The SMILES string of the molecule is CCNC(=O)OCc1cnc(N2C(=O)[C@@H](C)[C@@H]3[C@@H]2CCN3S(=O)(=O)N(C)CC(COC(C)=O)OC(C)=O)s1. The number of likely N-dealkylation sites (N-methyl/N-ethyl adjacent to an activating group) is 1. The molecule has 0 bridgehead atoms. The lowest BCUT2D eigenvalue weighted by molar-refractivity contribution is -0.156. The topological polar surface area (TPSA) is 165 Å². The van der Waals surface area contributed by atoms with Crippen molar-refractivity contribution in [1.29, 1.82) is 0 Å². The first-order chi connectivity index (χ1) is 17.9. The van der Waals surface area contributed by atoms with E-state index in [9.17, 15) is 27.6 Å². The summed E-state index contributed by atoms with van der Waals surface area (Å²) in [6, 6.07) is -1.05. The number of thiazole rings is 1. The number of carbonyl (C=O) groups is 4. The lowest BCUT2D eigenvalue weighted by Crippen LogP contribution is -2.50. The van der Waals surface area contributed by atoms with Gasteiger partial charge in [0.1, 0.15) is 19.3 Å². The number of hydrogen-bond acceptors (Lipinski definition) is 11. The molecule has 2 aliphatic heterocycles. The minimum Gasteiger partial charge on any atom is -0.462 e. The van der Waals surface area contributed by atoms with Crippen LogP contribution in [0.15, 0.2) is 6.20 Å². The van der Waals surface area contributed by atoms with Crippen molar-refractivity contribution >= 4 is 50.6 Å². The molecule has 16 heteroatoms. The molecule has 38 heavy (non-hydrogen) atoms. The number of alkyl carbamates (subject to hydrolysis) is 1. The summed E-state index contributed by atoms with van der Waals surface area (Å²) in [7, 11) is -2.73. The van der Waals surface area contributed by atoms with E-state index in [0.29, 0.717) is 23.0 Å². The summed E-state index contributed by atoms with van der Waals surface area (Å²) >= 11 is 1.20. The van der Waals surface area contributed by atoms with Gasteiger partial charge in [0.2, 0.25) is 5.91 Å². The van der Waals surface area contributed by atoms with Crippen molar-refractivity contribution in [3.63, 3.8) is 0 Å². The number of hydrogen-bond donors (Lipinski definition) is 1. The van der Waals surface area contributed by atoms with E-state index in [1.54, 1.807) is 13.8 Å². The third kappa shape index (κ3) is 6.59. The average Bonchev–Trinajstić information content (AvgIpc) is 3.53. The van der Waals surface area contributed by atoms with Crippen molar-refractivity contribution in [2.24, 2.45) is 5.92 Å². The molecule has 1 aromatic rings. The van der Waals surface area contributed by atoms with Crippen LogP contribution in [-0.2, 0) is 45.4 Å². The first kappa shape index (κ1) is 29.7. The largest absolute Gasteiger partial charge is 0.462 e. The number of amides is 2. The third-order valence-corrected chi connectivity index (χ3v) is 9.14. The number of nitrogens with one attached hydrogen (secondary N) is 1. The first-order valence-corrected chi connectivity index (χ1v) is 14.3. The Morgan fingerprint density at radius 1 is 1.26 bits per heavy atom. The Balaban J connectivity index is 1.73. The zero-order valence-electron chi connectivity index (χ0n) is 21.9. The Labute approximate surface area is 225 Å². The summed E-state index contributed by atoms with van der Waals surface area (Å²) in [5, 5.41) is 2.94. The molecule has 2 saturated heterocycles. The Kier molecular flexibility index (Phi) is 9.67. The van der Waals surface area contributed by atoms with Gasteiger partial charge in [-0.05, 0) is 13.3 Å². The number of aromatic nitrogens is 1. The number of fused-ring (bicyclic) bond motifs is 1. The van der Waals surface area contributed by atoms with Crippen LogP contribution in [0.3, 0.4) is 0 Å². The lowest BCUT2D eigenvalue weighted by atomic mass is 10.0. The van der Waals surface area contributed by atoms with E-state index in [1.807, 2.05) is 0 Å². The number of carbonyl (C=O) groups excluding carboxylic acids is 4. The molecule has 212 valence electrons. The number of anilines is 1. The Hall–Kier alpha value is -2.82. The fraction of sp³-hybridized carbons (Fsp3) is 0.682. The van der Waals surface area contributed by atoms with Gasteiger partial charge in [-0.1, -0.05) is 18.3 Å². The molecule has 1 unspecified atom stereocenters. The average molecular weight is 576 g/mol. The van der Waals surface area contributed by atoms with Crippen molar-refractivity contribution in [2.45, 2.75) is 58.9 Å². The molecule has 0 saturated carbocycles. The highest BCUT2D eigenvalue weighted by molar-refractivity contribution is 7.86. The molecule has 14 nitrogen and oxygen atoms in total. The molecule has 2 aliphatic rings. The maximum atomic E-state index is 13.5. The van der Waals surface area contributed by atoms with Crippen LogP contribution in [0.4, 0.5) is 9.93 Å². The summed E-state index contributed by atoms with van der Waals surface area (Å²) < 4.78 is 44.6. The van der Waals surface area contributed by atoms with Gasteiger partial charge in [-0.25, -0.2) is 9.78 Å². The van der Waals surface area contributed by atoms with Gasteiger partial charge in [0, 0.05) is 40.2 Å². The van der Waals surface area contributed by atoms with Crippen molar-refractivity contribution in [1.82, 2.24) is 18.9 Å². The van der Waals surface area contributed by atoms with Crippen molar-refractivity contribution < 1.29 is 41.8 Å². The third-order valence-electron chi connectivity index (χ3n) is 6.21. The van der Waals surface area contributed by atoms with E-state index in [1.165, 1.54) is 47.6 Å². The maximum absolute atomic E-state index is 13.5. The number of ether oxygens (including phenoxy) is 3. The standard InChI is InChI=1S/C22H33N5O9S2/c1-6-23-22(31)35-12-17-9-24-21(37-17)27-18-7-8-26(19(18)13(2)20(27)30)38(32,33)25(5)10-16(36-15(4)29)11-34-14(3)28/h9,13,16,18-19H,6-8,10-12H2,1-5H3,(H,23,31)/t13-,16?,18-,19+/m0/s1. The molecule has 0 spiro atoms. The fourth-order valence-corrected chi connectivity index (χ4v) is 7.17. The molecule has 3 rings (SSSR count). The van der Waals surface area contributed by atoms with E-state index in [2.05, 4.69) is 10.3 Å². The first-order valence-electron chi connectivity index (χ1n) is 12.1. The summed E-state index contributed by atoms with van der Waals surface area (Å²) in [5.74, 6) is -2.11. The van der Waals surface area contributed by atoms with Gasteiger partial charge in [0.15, 0.2) is 5.13 Å². The molecule has 1 aromatic heterocycles. The summed E-state index contributed by atoms with van der Waals surface area (Å²) in [5.41, 5.74) is 0. The maximum Gasteiger partial charge on any atom is 0.407 e. The quantitative estimate of drug-likeness (QED) is 0.290. The van der Waals surface area contributed by atoms with Gasteiger partial charge in [-0.3, -0.25) is 19.3 Å². The van der Waals surface area contributed by atoms with Crippen molar-refractivity contribution in [3.8, 4) is 0 Å². The van der Waals surface area contributed by atoms with Crippen molar-refractivity contribution in [2.75, 3.05) is 38.2 Å². The summed E-state index contributed by atoms with van der Waals surface area (Å²) in [6.45, 7) is 5.90. The van der Waals surface area contributed by atoms with Crippen LogP contribution in [0.2, 0.25) is 0 Å². The normalized spacial score (nSPS) is 22.3. The zero-order chi connectivity index (χ0) is 28.2. The molecule has 1 N–H and O–H groups in total. The summed E-state index contributed by atoms with van der Waals surface area (Å²) in [6.07, 6.45) is 0.376. The second-order valence-corrected chi connectivity index (χ2v) is 12.1. The van der Waals surface area contributed by atoms with Gasteiger partial charge in [0.05, 0.1) is 29.4 Å². The number of rotatable bonds is 11. The highest BCUT2D eigenvalue weighted by Gasteiger charge is 2.56. The van der Waals surface area contributed by atoms with E-state index in [-0.39, 0.29) is 32.2 Å². The molecule has 0 radical (unpaired) electrons. The van der Waals surface area contributed by atoms with Crippen molar-refractivity contribution in [3.05, 3.63) is 11.1 Å². The van der Waals surface area contributed by atoms with E-state index >= 15 is 0 Å². The van der Waals surface area contributed by atoms with Crippen LogP contribution in [0.5, 0.6) is 0 Å². The van der Waals surface area contributed by atoms with Gasteiger partial charge >= 0.3 is 18.0 Å². The molecular weight excluding hydrogens is 542 g/mol. The van der Waals surface area contributed by atoms with E-state index < -0.39 is 52.3 Å². The van der Waals surface area contributed by atoms with Crippen LogP contribution in [-0.4, -0.2) is 97.4 Å². The van der Waals surface area contributed by atoms with Gasteiger partial charge in [-0.2, -0.15) is 17.0 Å². The molecular formula is C22H33N5O9S2. The molecule has 2 fully saturated rings. The highest BCUT2D eigenvalue weighted by atomic mass is 32.2.